The number of aromatic nitrogens is 6. The van der Waals surface area contributed by atoms with E-state index >= 15 is 0 Å². The molecule has 2 aliphatic rings. The van der Waals surface area contributed by atoms with Crippen LogP contribution in [0, 0.1) is 5.41 Å². The summed E-state index contributed by atoms with van der Waals surface area (Å²) in [4.78, 5) is 32.6. The SMILES string of the molecule is N=C1c2c(nc(-c3ccc(N4CCOCC4)nc3)[nH]c2=O)C(c2nccs2)=CC1c1cccc2[nH]ncc12. The lowest BCUT2D eigenvalue weighted by Gasteiger charge is -2.27. The van der Waals surface area contributed by atoms with Crippen LogP contribution in [0.2, 0.25) is 0 Å². The van der Waals surface area contributed by atoms with Crippen molar-refractivity contribution in [2.45, 2.75) is 5.92 Å². The minimum Gasteiger partial charge on any atom is -0.378 e. The summed E-state index contributed by atoms with van der Waals surface area (Å²) in [5, 5.41) is 19.8. The molecule has 1 saturated heterocycles. The highest BCUT2D eigenvalue weighted by Gasteiger charge is 2.32. The monoisotopic (exact) mass is 522 g/mol. The van der Waals surface area contributed by atoms with E-state index in [0.29, 0.717) is 30.3 Å². The molecular weight excluding hydrogens is 500 g/mol. The van der Waals surface area contributed by atoms with Crippen molar-refractivity contribution in [1.29, 1.82) is 5.41 Å². The van der Waals surface area contributed by atoms with Crippen LogP contribution in [-0.4, -0.2) is 62.1 Å². The Kier molecular flexibility index (Phi) is 5.45. The van der Waals surface area contributed by atoms with Crippen molar-refractivity contribution in [2.24, 2.45) is 0 Å². The van der Waals surface area contributed by atoms with Crippen molar-refractivity contribution in [2.75, 3.05) is 31.2 Å². The van der Waals surface area contributed by atoms with Crippen LogP contribution in [0.3, 0.4) is 0 Å². The summed E-state index contributed by atoms with van der Waals surface area (Å²) in [6.07, 6.45) is 7.19. The lowest BCUT2D eigenvalue weighted by Crippen LogP contribution is -2.36. The van der Waals surface area contributed by atoms with Crippen molar-refractivity contribution < 1.29 is 4.74 Å². The van der Waals surface area contributed by atoms with Crippen molar-refractivity contribution in [3.63, 3.8) is 0 Å². The van der Waals surface area contributed by atoms with Crippen LogP contribution in [0.1, 0.15) is 27.7 Å². The van der Waals surface area contributed by atoms with Crippen LogP contribution in [0.5, 0.6) is 0 Å². The van der Waals surface area contributed by atoms with Gasteiger partial charge in [0, 0.05) is 53.3 Å². The molecule has 7 rings (SSSR count). The molecule has 188 valence electrons. The summed E-state index contributed by atoms with van der Waals surface area (Å²) in [6.45, 7) is 2.93. The Hall–Kier alpha value is -4.48. The van der Waals surface area contributed by atoms with Crippen molar-refractivity contribution in [1.82, 2.24) is 30.1 Å². The summed E-state index contributed by atoms with van der Waals surface area (Å²) in [5.41, 5.74) is 3.74. The zero-order valence-electron chi connectivity index (χ0n) is 20.1. The number of hydrogen-bond acceptors (Lipinski definition) is 9. The maximum absolute atomic E-state index is 13.5. The predicted molar refractivity (Wildman–Crippen MR) is 146 cm³/mol. The number of H-pyrrole nitrogens is 2. The van der Waals surface area contributed by atoms with Crippen molar-refractivity contribution in [3.8, 4) is 11.4 Å². The third-order valence-corrected chi connectivity index (χ3v) is 7.77. The first-order valence-corrected chi connectivity index (χ1v) is 13.1. The van der Waals surface area contributed by atoms with Gasteiger partial charge in [-0.3, -0.25) is 9.89 Å². The molecule has 1 aliphatic heterocycles. The van der Waals surface area contributed by atoms with Gasteiger partial charge in [-0.05, 0) is 23.8 Å². The topological polar surface area (TPSA) is 137 Å². The molecule has 1 atom stereocenters. The third kappa shape index (κ3) is 3.75. The standard InChI is InChI=1S/C27H22N8O2S/c28-23-17(16-2-1-3-20-19(16)14-31-34-20)12-18(27-29-6-11-38-27)24-22(23)26(36)33-25(32-24)15-4-5-21(30-13-15)35-7-9-37-10-8-35/h1-6,11-14,17,28H,7-10H2,(H,31,34)(H,32,33,36). The van der Waals surface area contributed by atoms with Crippen LogP contribution < -0.4 is 10.5 Å². The molecule has 1 aromatic carbocycles. The van der Waals surface area contributed by atoms with Gasteiger partial charge in [0.1, 0.15) is 16.6 Å². The quantitative estimate of drug-likeness (QED) is 0.328. The van der Waals surface area contributed by atoms with E-state index in [-0.39, 0.29) is 16.8 Å². The number of rotatable bonds is 4. The van der Waals surface area contributed by atoms with Gasteiger partial charge in [-0.1, -0.05) is 18.2 Å². The van der Waals surface area contributed by atoms with Gasteiger partial charge in [0.2, 0.25) is 0 Å². The second-order valence-electron chi connectivity index (χ2n) is 9.13. The number of benzene rings is 1. The van der Waals surface area contributed by atoms with Crippen LogP contribution in [0.4, 0.5) is 5.82 Å². The summed E-state index contributed by atoms with van der Waals surface area (Å²) >= 11 is 1.47. The van der Waals surface area contributed by atoms with Crippen molar-refractivity contribution in [3.05, 3.63) is 92.6 Å². The molecule has 1 fully saturated rings. The van der Waals surface area contributed by atoms with E-state index in [4.69, 9.17) is 15.1 Å². The number of ether oxygens (including phenoxy) is 1. The van der Waals surface area contributed by atoms with E-state index < -0.39 is 5.92 Å². The fraction of sp³-hybridized carbons (Fsp3) is 0.185. The van der Waals surface area contributed by atoms with Gasteiger partial charge in [-0.25, -0.2) is 15.0 Å². The number of morpholine rings is 1. The Morgan fingerprint density at radius 1 is 1.11 bits per heavy atom. The number of nitrogens with zero attached hydrogens (tertiary/aromatic N) is 5. The fourth-order valence-electron chi connectivity index (χ4n) is 5.08. The largest absolute Gasteiger partial charge is 0.378 e. The zero-order chi connectivity index (χ0) is 25.6. The highest BCUT2D eigenvalue weighted by Crippen LogP contribution is 2.38. The second-order valence-corrected chi connectivity index (χ2v) is 10.0. The van der Waals surface area contributed by atoms with E-state index in [1.165, 1.54) is 11.3 Å². The van der Waals surface area contributed by atoms with Gasteiger partial charge in [-0.2, -0.15) is 5.10 Å². The molecular formula is C27H22N8O2S. The lowest BCUT2D eigenvalue weighted by atomic mass is 9.81. The van der Waals surface area contributed by atoms with Crippen LogP contribution in [-0.2, 0) is 4.74 Å². The molecule has 0 spiro atoms. The molecule has 0 bridgehead atoms. The molecule has 0 saturated carbocycles. The summed E-state index contributed by atoms with van der Waals surface area (Å²) in [6, 6.07) is 9.67. The molecule has 38 heavy (non-hydrogen) atoms. The van der Waals surface area contributed by atoms with E-state index in [1.807, 2.05) is 41.8 Å². The maximum Gasteiger partial charge on any atom is 0.260 e. The molecule has 10 nitrogen and oxygen atoms in total. The first-order chi connectivity index (χ1) is 18.7. The zero-order valence-corrected chi connectivity index (χ0v) is 21.0. The maximum atomic E-state index is 13.5. The fourth-order valence-corrected chi connectivity index (χ4v) is 5.75. The van der Waals surface area contributed by atoms with Crippen LogP contribution in [0.25, 0.3) is 27.9 Å². The highest BCUT2D eigenvalue weighted by atomic mass is 32.1. The molecule has 11 heteroatoms. The first kappa shape index (κ1) is 22.7. The number of fused-ring (bicyclic) bond motifs is 2. The van der Waals surface area contributed by atoms with Crippen molar-refractivity contribution >= 4 is 39.3 Å². The van der Waals surface area contributed by atoms with Crippen LogP contribution in [0.15, 0.2) is 65.2 Å². The Bertz CT molecular complexity index is 1750. The lowest BCUT2D eigenvalue weighted by molar-refractivity contribution is 0.122. The Labute approximate surface area is 220 Å². The Morgan fingerprint density at radius 3 is 2.79 bits per heavy atom. The molecule has 5 heterocycles. The minimum absolute atomic E-state index is 0.190. The Balaban J connectivity index is 1.34. The number of nitrogens with one attached hydrogen (secondary N) is 3. The van der Waals surface area contributed by atoms with E-state index in [1.54, 1.807) is 18.6 Å². The van der Waals surface area contributed by atoms with Gasteiger partial charge >= 0.3 is 0 Å². The normalized spacial score (nSPS) is 17.5. The molecule has 1 aliphatic carbocycles. The number of pyridine rings is 1. The highest BCUT2D eigenvalue weighted by molar-refractivity contribution is 7.10. The summed E-state index contributed by atoms with van der Waals surface area (Å²) in [5.74, 6) is 0.810. The molecule has 1 unspecified atom stereocenters. The number of anilines is 1. The van der Waals surface area contributed by atoms with Gasteiger partial charge in [0.05, 0.1) is 41.9 Å². The van der Waals surface area contributed by atoms with E-state index in [0.717, 1.165) is 46.0 Å². The number of allylic oxidation sites excluding steroid dienone is 1. The van der Waals surface area contributed by atoms with Gasteiger partial charge in [0.25, 0.3) is 5.56 Å². The second kappa shape index (κ2) is 9.12. The first-order valence-electron chi connectivity index (χ1n) is 12.2. The number of aromatic amines is 2. The summed E-state index contributed by atoms with van der Waals surface area (Å²) in [7, 11) is 0. The van der Waals surface area contributed by atoms with E-state index in [9.17, 15) is 4.79 Å². The molecule has 4 aromatic heterocycles. The third-order valence-electron chi connectivity index (χ3n) is 6.96. The number of hydrogen-bond donors (Lipinski definition) is 3. The molecule has 0 radical (unpaired) electrons. The van der Waals surface area contributed by atoms with Gasteiger partial charge in [-0.15, -0.1) is 11.3 Å². The predicted octanol–water partition coefficient (Wildman–Crippen LogP) is 3.60. The molecule has 3 N–H and O–H groups in total. The molecule has 5 aromatic rings. The number of thiazole rings is 1. The Morgan fingerprint density at radius 2 is 2.00 bits per heavy atom. The van der Waals surface area contributed by atoms with Crippen LogP contribution >= 0.6 is 11.3 Å². The smallest absolute Gasteiger partial charge is 0.260 e. The average molecular weight is 523 g/mol. The molecule has 0 amide bonds. The van der Waals surface area contributed by atoms with E-state index in [2.05, 4.69) is 30.0 Å². The van der Waals surface area contributed by atoms with Gasteiger partial charge in [0.15, 0.2) is 0 Å². The average Bonchev–Trinajstić information content (AvgIpc) is 3.66. The summed E-state index contributed by atoms with van der Waals surface area (Å²) < 4.78 is 5.43. The minimum atomic E-state index is -0.453. The van der Waals surface area contributed by atoms with Gasteiger partial charge < -0.3 is 20.0 Å².